The largest absolute Gasteiger partial charge is 0.467 e. The van der Waals surface area contributed by atoms with E-state index in [1.807, 2.05) is 66.7 Å². The van der Waals surface area contributed by atoms with Crippen LogP contribution in [-0.4, -0.2) is 35.2 Å². The number of carbonyl (C=O) groups excluding carboxylic acids is 1. The summed E-state index contributed by atoms with van der Waals surface area (Å²) in [7, 11) is 1.31. The number of hydrogen-bond donors (Lipinski definition) is 1. The maximum atomic E-state index is 12.3. The Morgan fingerprint density at radius 2 is 1.21 bits per heavy atom. The Labute approximate surface area is 172 Å². The first-order valence-corrected chi connectivity index (χ1v) is 9.79. The highest BCUT2D eigenvalue weighted by molar-refractivity contribution is 5.75. The number of rotatable bonds is 9. The van der Waals surface area contributed by atoms with Crippen molar-refractivity contribution >= 4 is 5.97 Å². The Morgan fingerprint density at radius 3 is 1.62 bits per heavy atom. The Morgan fingerprint density at radius 1 is 0.793 bits per heavy atom. The summed E-state index contributed by atoms with van der Waals surface area (Å²) in [4.78, 5) is 14.4. The Hall–Kier alpha value is -2.95. The summed E-state index contributed by atoms with van der Waals surface area (Å²) in [6.45, 7) is 1.22. The van der Waals surface area contributed by atoms with Gasteiger partial charge in [-0.05, 0) is 23.1 Å². The third-order valence-corrected chi connectivity index (χ3v) is 5.02. The Kier molecular flexibility index (Phi) is 7.56. The molecular formula is C25H27NO3. The number of hydrogen-bond acceptors (Lipinski definition) is 4. The van der Waals surface area contributed by atoms with Crippen molar-refractivity contribution in [1.29, 1.82) is 0 Å². The number of methoxy groups -OCH3 is 1. The van der Waals surface area contributed by atoms with Crippen LogP contribution in [-0.2, 0) is 29.0 Å². The highest BCUT2D eigenvalue weighted by Gasteiger charge is 2.32. The number of carbonyl (C=O) groups is 1. The first-order valence-electron chi connectivity index (χ1n) is 9.79. The van der Waals surface area contributed by atoms with E-state index in [0.29, 0.717) is 19.5 Å². The van der Waals surface area contributed by atoms with E-state index in [0.717, 1.165) is 16.7 Å². The molecule has 0 spiro atoms. The van der Waals surface area contributed by atoms with Gasteiger partial charge in [0.05, 0.1) is 13.2 Å². The summed E-state index contributed by atoms with van der Waals surface area (Å²) in [5.74, 6) is -0.614. The van der Waals surface area contributed by atoms with Crippen LogP contribution in [0.25, 0.3) is 0 Å². The molecule has 150 valence electrons. The van der Waals surface area contributed by atoms with E-state index in [2.05, 4.69) is 29.2 Å². The molecule has 2 atom stereocenters. The van der Waals surface area contributed by atoms with Crippen molar-refractivity contribution < 1.29 is 14.6 Å². The van der Waals surface area contributed by atoms with Gasteiger partial charge in [0.1, 0.15) is 0 Å². The number of aliphatic hydroxyl groups excluding tert-OH is 1. The van der Waals surface area contributed by atoms with Gasteiger partial charge in [-0.1, -0.05) is 91.0 Å². The number of esters is 1. The van der Waals surface area contributed by atoms with Gasteiger partial charge < -0.3 is 9.84 Å². The summed E-state index contributed by atoms with van der Waals surface area (Å²) in [6.07, 6.45) is -0.704. The number of benzene rings is 3. The Balaban J connectivity index is 1.93. The molecule has 0 bridgehead atoms. The smallest absolute Gasteiger partial charge is 0.336 e. The van der Waals surface area contributed by atoms with Crippen LogP contribution in [0.5, 0.6) is 0 Å². The summed E-state index contributed by atoms with van der Waals surface area (Å²) >= 11 is 0. The van der Waals surface area contributed by atoms with E-state index in [1.165, 1.54) is 7.11 Å². The summed E-state index contributed by atoms with van der Waals surface area (Å²) in [6, 6.07) is 29.7. The van der Waals surface area contributed by atoms with Crippen LogP contribution in [0, 0.1) is 0 Å². The average molecular weight is 389 g/mol. The molecule has 4 heteroatoms. The zero-order valence-electron chi connectivity index (χ0n) is 16.6. The second kappa shape index (κ2) is 10.6. The van der Waals surface area contributed by atoms with Crippen LogP contribution >= 0.6 is 0 Å². The van der Waals surface area contributed by atoms with Crippen molar-refractivity contribution in [2.75, 3.05) is 7.11 Å². The van der Waals surface area contributed by atoms with Crippen molar-refractivity contribution in [1.82, 2.24) is 4.90 Å². The number of ether oxygens (including phenoxy) is 1. The van der Waals surface area contributed by atoms with Crippen LogP contribution < -0.4 is 0 Å². The minimum atomic E-state index is -1.24. The standard InChI is InChI=1S/C25H27NO3/c1-29-25(28)24(27)23(17-20-11-5-2-6-12-20)26(18-21-13-7-3-8-14-21)19-22-15-9-4-10-16-22/h2-16,23-24,27H,17-19H2,1H3/t23-,24+/m0/s1. The molecule has 0 heterocycles. The lowest BCUT2D eigenvalue weighted by Gasteiger charge is -2.34. The van der Waals surface area contributed by atoms with Crippen molar-refractivity contribution in [3.05, 3.63) is 108 Å². The predicted molar refractivity (Wildman–Crippen MR) is 114 cm³/mol. The van der Waals surface area contributed by atoms with Gasteiger partial charge in [-0.2, -0.15) is 0 Å². The molecule has 0 saturated heterocycles. The highest BCUT2D eigenvalue weighted by Crippen LogP contribution is 2.20. The first-order chi connectivity index (χ1) is 14.2. The van der Waals surface area contributed by atoms with Gasteiger partial charge in [-0.3, -0.25) is 4.90 Å². The molecule has 0 amide bonds. The van der Waals surface area contributed by atoms with Gasteiger partial charge in [0, 0.05) is 13.1 Å². The van der Waals surface area contributed by atoms with Crippen molar-refractivity contribution in [2.24, 2.45) is 0 Å². The van der Waals surface area contributed by atoms with Gasteiger partial charge in [0.2, 0.25) is 0 Å². The lowest BCUT2D eigenvalue weighted by Crippen LogP contribution is -2.48. The van der Waals surface area contributed by atoms with Crippen LogP contribution in [0.2, 0.25) is 0 Å². The van der Waals surface area contributed by atoms with Crippen LogP contribution in [0.1, 0.15) is 16.7 Å². The molecule has 0 unspecified atom stereocenters. The predicted octanol–water partition coefficient (Wildman–Crippen LogP) is 3.83. The third kappa shape index (κ3) is 6.01. The van der Waals surface area contributed by atoms with E-state index in [-0.39, 0.29) is 0 Å². The van der Waals surface area contributed by atoms with E-state index >= 15 is 0 Å². The first kappa shape index (κ1) is 20.8. The lowest BCUT2D eigenvalue weighted by molar-refractivity contribution is -0.154. The molecule has 0 aliphatic carbocycles. The van der Waals surface area contributed by atoms with E-state index < -0.39 is 18.1 Å². The summed E-state index contributed by atoms with van der Waals surface area (Å²) in [5, 5.41) is 10.8. The van der Waals surface area contributed by atoms with Crippen LogP contribution in [0.3, 0.4) is 0 Å². The molecule has 0 saturated carbocycles. The van der Waals surface area contributed by atoms with Gasteiger partial charge in [0.25, 0.3) is 0 Å². The van der Waals surface area contributed by atoms with Crippen molar-refractivity contribution in [3.8, 4) is 0 Å². The quantitative estimate of drug-likeness (QED) is 0.565. The zero-order valence-corrected chi connectivity index (χ0v) is 16.6. The fraction of sp³-hybridized carbons (Fsp3) is 0.240. The fourth-order valence-electron chi connectivity index (χ4n) is 3.50. The summed E-state index contributed by atoms with van der Waals surface area (Å²) < 4.78 is 4.87. The molecule has 4 nitrogen and oxygen atoms in total. The summed E-state index contributed by atoms with van der Waals surface area (Å²) in [5.41, 5.74) is 3.31. The number of aliphatic hydroxyl groups is 1. The molecule has 0 aromatic heterocycles. The zero-order chi connectivity index (χ0) is 20.5. The van der Waals surface area contributed by atoms with Crippen LogP contribution in [0.4, 0.5) is 0 Å². The van der Waals surface area contributed by atoms with Gasteiger partial charge in [0.15, 0.2) is 6.10 Å². The average Bonchev–Trinajstić information content (AvgIpc) is 2.78. The Bertz CT molecular complexity index is 827. The van der Waals surface area contributed by atoms with E-state index in [9.17, 15) is 9.90 Å². The van der Waals surface area contributed by atoms with Gasteiger partial charge in [-0.25, -0.2) is 4.79 Å². The minimum Gasteiger partial charge on any atom is -0.467 e. The molecule has 3 aromatic rings. The molecule has 0 radical (unpaired) electrons. The van der Waals surface area contributed by atoms with E-state index in [1.54, 1.807) is 0 Å². The normalized spacial score (nSPS) is 13.1. The SMILES string of the molecule is COC(=O)[C@H](O)[C@H](Cc1ccccc1)N(Cc1ccccc1)Cc1ccccc1. The van der Waals surface area contributed by atoms with Gasteiger partial charge >= 0.3 is 5.97 Å². The topological polar surface area (TPSA) is 49.8 Å². The number of nitrogens with zero attached hydrogens (tertiary/aromatic N) is 1. The monoisotopic (exact) mass is 389 g/mol. The van der Waals surface area contributed by atoms with Crippen molar-refractivity contribution in [2.45, 2.75) is 31.7 Å². The molecule has 1 N–H and O–H groups in total. The second-order valence-corrected chi connectivity index (χ2v) is 7.10. The lowest BCUT2D eigenvalue weighted by atomic mass is 9.98. The fourth-order valence-corrected chi connectivity index (χ4v) is 3.50. The van der Waals surface area contributed by atoms with Crippen molar-refractivity contribution in [3.63, 3.8) is 0 Å². The second-order valence-electron chi connectivity index (χ2n) is 7.10. The molecular weight excluding hydrogens is 362 g/mol. The highest BCUT2D eigenvalue weighted by atomic mass is 16.5. The molecule has 0 aliphatic heterocycles. The maximum absolute atomic E-state index is 12.3. The molecule has 3 aromatic carbocycles. The molecule has 0 fully saturated rings. The maximum Gasteiger partial charge on any atom is 0.336 e. The molecule has 3 rings (SSSR count). The van der Waals surface area contributed by atoms with Gasteiger partial charge in [-0.15, -0.1) is 0 Å². The molecule has 29 heavy (non-hydrogen) atoms. The van der Waals surface area contributed by atoms with E-state index in [4.69, 9.17) is 4.74 Å². The third-order valence-electron chi connectivity index (χ3n) is 5.02. The van der Waals surface area contributed by atoms with Crippen LogP contribution in [0.15, 0.2) is 91.0 Å². The minimum absolute atomic E-state index is 0.426. The molecule has 0 aliphatic rings.